The molecular weight excluding hydrogens is 336 g/mol. The fraction of sp³-hybridized carbons (Fsp3) is 0.700. The van der Waals surface area contributed by atoms with Gasteiger partial charge in [-0.05, 0) is 12.8 Å². The number of hydrogen-bond acceptors (Lipinski definition) is 6. The first-order valence-corrected chi connectivity index (χ1v) is 9.70. The van der Waals surface area contributed by atoms with E-state index < -0.39 is 12.6 Å². The highest BCUT2D eigenvalue weighted by atomic mass is 16.8. The van der Waals surface area contributed by atoms with Gasteiger partial charge in [-0.25, -0.2) is 0 Å². The highest BCUT2D eigenvalue weighted by molar-refractivity contribution is 5.16. The lowest BCUT2D eigenvalue weighted by atomic mass is 9.97. The molecule has 0 bridgehead atoms. The van der Waals surface area contributed by atoms with Crippen LogP contribution in [0.2, 0.25) is 0 Å². The maximum Gasteiger partial charge on any atom is 0.190 e. The van der Waals surface area contributed by atoms with Crippen LogP contribution in [0.15, 0.2) is 30.3 Å². The average molecular weight is 364 g/mol. The summed E-state index contributed by atoms with van der Waals surface area (Å²) in [6.45, 7) is 5.31. The third-order valence-electron chi connectivity index (χ3n) is 5.09. The van der Waals surface area contributed by atoms with Crippen LogP contribution in [0, 0.1) is 0 Å². The molecule has 6 heteroatoms. The maximum atomic E-state index is 6.29. The Morgan fingerprint density at radius 1 is 1.00 bits per heavy atom. The lowest BCUT2D eigenvalue weighted by Gasteiger charge is -2.46. The highest BCUT2D eigenvalue weighted by Crippen LogP contribution is 2.39. The van der Waals surface area contributed by atoms with E-state index in [1.807, 2.05) is 37.3 Å². The highest BCUT2D eigenvalue weighted by Gasteiger charge is 2.55. The third-order valence-corrected chi connectivity index (χ3v) is 5.09. The summed E-state index contributed by atoms with van der Waals surface area (Å²) >= 11 is 0. The van der Waals surface area contributed by atoms with Gasteiger partial charge in [-0.3, -0.25) is 0 Å². The molecule has 3 heterocycles. The van der Waals surface area contributed by atoms with Crippen molar-refractivity contribution in [3.8, 4) is 0 Å². The second-order valence-electron chi connectivity index (χ2n) is 6.98. The van der Waals surface area contributed by atoms with Gasteiger partial charge >= 0.3 is 0 Å². The Morgan fingerprint density at radius 2 is 1.85 bits per heavy atom. The van der Waals surface area contributed by atoms with Gasteiger partial charge in [-0.15, -0.1) is 0 Å². The van der Waals surface area contributed by atoms with Gasteiger partial charge in [0.05, 0.1) is 6.61 Å². The fourth-order valence-corrected chi connectivity index (χ4v) is 3.68. The van der Waals surface area contributed by atoms with Crippen LogP contribution in [0.25, 0.3) is 0 Å². The molecule has 0 spiro atoms. The van der Waals surface area contributed by atoms with Gasteiger partial charge in [-0.1, -0.05) is 50.6 Å². The molecule has 0 N–H and O–H groups in total. The van der Waals surface area contributed by atoms with Crippen LogP contribution in [0.1, 0.15) is 45.0 Å². The standard InChI is InChI=1S/C20H28O6/c1-3-5-11-21-17-16-14(23-20-18(17)24-15(4-2)25-20)12-22-19(26-16)13-9-7-6-8-10-13/h6-10,14-20H,3-5,11-12H2,1-2H3/t14?,15?,16-,17?,18?,19?,20-/m1/s1. The van der Waals surface area contributed by atoms with Crippen molar-refractivity contribution in [1.82, 2.24) is 0 Å². The zero-order valence-electron chi connectivity index (χ0n) is 15.4. The minimum absolute atomic E-state index is 0.220. The van der Waals surface area contributed by atoms with E-state index in [2.05, 4.69) is 6.92 Å². The van der Waals surface area contributed by atoms with Crippen molar-refractivity contribution < 1.29 is 28.4 Å². The molecule has 0 aliphatic carbocycles. The molecule has 3 aliphatic rings. The van der Waals surface area contributed by atoms with Gasteiger partial charge in [0.15, 0.2) is 18.9 Å². The van der Waals surface area contributed by atoms with Crippen LogP contribution < -0.4 is 0 Å². The molecular formula is C20H28O6. The summed E-state index contributed by atoms with van der Waals surface area (Å²) in [7, 11) is 0. The van der Waals surface area contributed by atoms with Gasteiger partial charge in [0, 0.05) is 12.2 Å². The quantitative estimate of drug-likeness (QED) is 0.723. The van der Waals surface area contributed by atoms with E-state index in [1.54, 1.807) is 0 Å². The van der Waals surface area contributed by atoms with Gasteiger partial charge in [0.2, 0.25) is 0 Å². The largest absolute Gasteiger partial charge is 0.372 e. The second kappa shape index (κ2) is 8.33. The first kappa shape index (κ1) is 18.3. The zero-order chi connectivity index (χ0) is 17.9. The Morgan fingerprint density at radius 3 is 2.62 bits per heavy atom. The predicted molar refractivity (Wildman–Crippen MR) is 93.4 cm³/mol. The molecule has 1 aromatic rings. The van der Waals surface area contributed by atoms with E-state index in [4.69, 9.17) is 28.4 Å². The SMILES string of the molecule is CCCCOC1C2OC(CC)O[C@H]2OC2COC(c3ccccc3)O[C@H]21. The molecule has 1 aromatic carbocycles. The fourth-order valence-electron chi connectivity index (χ4n) is 3.68. The molecule has 3 aliphatic heterocycles. The Hall–Kier alpha value is -1.02. The number of unbranched alkanes of at least 4 members (excludes halogenated alkanes) is 1. The summed E-state index contributed by atoms with van der Waals surface area (Å²) in [6, 6.07) is 9.96. The number of fused-ring (bicyclic) bond motifs is 2. The van der Waals surface area contributed by atoms with Crippen molar-refractivity contribution in [2.24, 2.45) is 0 Å². The molecule has 0 amide bonds. The van der Waals surface area contributed by atoms with Crippen molar-refractivity contribution in [1.29, 1.82) is 0 Å². The van der Waals surface area contributed by atoms with Crippen LogP contribution in [-0.2, 0) is 28.4 Å². The van der Waals surface area contributed by atoms with Gasteiger partial charge in [0.1, 0.15) is 24.4 Å². The molecule has 5 unspecified atom stereocenters. The number of rotatable bonds is 6. The molecule has 7 atom stereocenters. The van der Waals surface area contributed by atoms with Crippen LogP contribution in [0.4, 0.5) is 0 Å². The summed E-state index contributed by atoms with van der Waals surface area (Å²) in [4.78, 5) is 0. The van der Waals surface area contributed by atoms with E-state index in [-0.39, 0.29) is 30.7 Å². The molecule has 6 nitrogen and oxygen atoms in total. The summed E-state index contributed by atoms with van der Waals surface area (Å²) in [5.41, 5.74) is 0.996. The Labute approximate surface area is 154 Å². The van der Waals surface area contributed by atoms with Crippen molar-refractivity contribution >= 4 is 0 Å². The first-order valence-electron chi connectivity index (χ1n) is 9.70. The maximum absolute atomic E-state index is 6.29. The van der Waals surface area contributed by atoms with Crippen molar-refractivity contribution in [2.75, 3.05) is 13.2 Å². The minimum atomic E-state index is -0.423. The lowest BCUT2D eigenvalue weighted by Crippen LogP contribution is -2.61. The summed E-state index contributed by atoms with van der Waals surface area (Å²) in [5, 5.41) is 0. The Kier molecular flexibility index (Phi) is 5.88. The summed E-state index contributed by atoms with van der Waals surface area (Å²) in [5.74, 6) is 0. The van der Waals surface area contributed by atoms with Crippen molar-refractivity contribution in [3.05, 3.63) is 35.9 Å². The smallest absolute Gasteiger partial charge is 0.190 e. The topological polar surface area (TPSA) is 55.4 Å². The van der Waals surface area contributed by atoms with Crippen LogP contribution >= 0.6 is 0 Å². The normalized spacial score (nSPS) is 39.4. The average Bonchev–Trinajstić information content (AvgIpc) is 3.11. The van der Waals surface area contributed by atoms with Gasteiger partial charge in [0.25, 0.3) is 0 Å². The van der Waals surface area contributed by atoms with Crippen LogP contribution in [0.5, 0.6) is 0 Å². The summed E-state index contributed by atoms with van der Waals surface area (Å²) < 4.78 is 36.4. The van der Waals surface area contributed by atoms with Crippen LogP contribution in [-0.4, -0.2) is 50.2 Å². The molecule has 4 rings (SSSR count). The van der Waals surface area contributed by atoms with Gasteiger partial charge in [-0.2, -0.15) is 0 Å². The second-order valence-corrected chi connectivity index (χ2v) is 6.98. The zero-order valence-corrected chi connectivity index (χ0v) is 15.4. The number of hydrogen-bond donors (Lipinski definition) is 0. The molecule has 144 valence electrons. The van der Waals surface area contributed by atoms with E-state index in [9.17, 15) is 0 Å². The molecule has 26 heavy (non-hydrogen) atoms. The Balaban J connectivity index is 1.51. The third kappa shape index (κ3) is 3.67. The minimum Gasteiger partial charge on any atom is -0.372 e. The van der Waals surface area contributed by atoms with Crippen molar-refractivity contribution in [2.45, 2.75) is 76.4 Å². The number of benzene rings is 1. The molecule has 0 radical (unpaired) electrons. The molecule has 3 saturated heterocycles. The molecule has 0 aromatic heterocycles. The monoisotopic (exact) mass is 364 g/mol. The molecule has 3 fully saturated rings. The van der Waals surface area contributed by atoms with Crippen molar-refractivity contribution in [3.63, 3.8) is 0 Å². The summed E-state index contributed by atoms with van der Waals surface area (Å²) in [6.07, 6.45) is 0.801. The lowest BCUT2D eigenvalue weighted by molar-refractivity contribution is -0.343. The Bertz CT molecular complexity index is 567. The van der Waals surface area contributed by atoms with E-state index in [0.29, 0.717) is 13.2 Å². The first-order chi connectivity index (χ1) is 12.8. The number of ether oxygens (including phenoxy) is 6. The van der Waals surface area contributed by atoms with E-state index in [1.165, 1.54) is 0 Å². The van der Waals surface area contributed by atoms with E-state index in [0.717, 1.165) is 24.8 Å². The van der Waals surface area contributed by atoms with Gasteiger partial charge < -0.3 is 28.4 Å². The van der Waals surface area contributed by atoms with E-state index >= 15 is 0 Å². The predicted octanol–water partition coefficient (Wildman–Crippen LogP) is 3.16. The van der Waals surface area contributed by atoms with Crippen LogP contribution in [0.3, 0.4) is 0 Å². The molecule has 0 saturated carbocycles.